The molecule has 0 spiro atoms. The summed E-state index contributed by atoms with van der Waals surface area (Å²) in [6, 6.07) is 4.66. The molecule has 1 nitrogen and oxygen atoms in total. The molecule has 0 aliphatic carbocycles. The molecule has 1 aromatic rings. The molecule has 0 aliphatic heterocycles. The molecule has 0 aromatic heterocycles. The maximum absolute atomic E-state index is 13.0. The van der Waals surface area contributed by atoms with E-state index in [1.165, 1.54) is 12.1 Å². The molecular formula is C11H13ClFN. The van der Waals surface area contributed by atoms with Crippen molar-refractivity contribution >= 4 is 17.3 Å². The van der Waals surface area contributed by atoms with Crippen molar-refractivity contribution in [2.24, 2.45) is 0 Å². The molecule has 0 amide bonds. The topological polar surface area (TPSA) is 12.0 Å². The minimum atomic E-state index is -0.404. The van der Waals surface area contributed by atoms with Crippen LogP contribution in [0.5, 0.6) is 0 Å². The molecule has 0 saturated heterocycles. The molecule has 3 heteroatoms. The van der Waals surface area contributed by atoms with Gasteiger partial charge in [-0.2, -0.15) is 0 Å². The monoisotopic (exact) mass is 213 g/mol. The maximum atomic E-state index is 13.0. The number of halogens is 2. The molecule has 0 bridgehead atoms. The molecule has 14 heavy (non-hydrogen) atoms. The van der Waals surface area contributed by atoms with Gasteiger partial charge in [-0.3, -0.25) is 0 Å². The molecule has 76 valence electrons. The van der Waals surface area contributed by atoms with Crippen LogP contribution in [0.4, 0.5) is 10.1 Å². The van der Waals surface area contributed by atoms with Gasteiger partial charge in [0.05, 0.1) is 5.02 Å². The largest absolute Gasteiger partial charge is 0.381 e. The summed E-state index contributed by atoms with van der Waals surface area (Å²) in [6.07, 6.45) is 0.920. The third-order valence-corrected chi connectivity index (χ3v) is 2.27. The third-order valence-electron chi connectivity index (χ3n) is 1.96. The van der Waals surface area contributed by atoms with Crippen LogP contribution in [0.2, 0.25) is 5.02 Å². The highest BCUT2D eigenvalue weighted by atomic mass is 35.5. The Morgan fingerprint density at radius 1 is 1.57 bits per heavy atom. The highest BCUT2D eigenvalue weighted by Gasteiger charge is 2.00. The number of benzene rings is 1. The first-order valence-electron chi connectivity index (χ1n) is 4.49. The molecule has 0 saturated carbocycles. The SMILES string of the molecule is C=C(CC)CNc1ccc(Cl)c(F)c1. The van der Waals surface area contributed by atoms with Crippen molar-refractivity contribution in [1.82, 2.24) is 0 Å². The molecule has 0 atom stereocenters. The van der Waals surface area contributed by atoms with Crippen LogP contribution in [0.25, 0.3) is 0 Å². The molecule has 0 radical (unpaired) electrons. The van der Waals surface area contributed by atoms with E-state index < -0.39 is 5.82 Å². The van der Waals surface area contributed by atoms with Crippen molar-refractivity contribution in [2.75, 3.05) is 11.9 Å². The predicted molar refractivity (Wildman–Crippen MR) is 59.3 cm³/mol. The van der Waals surface area contributed by atoms with Gasteiger partial charge in [0.15, 0.2) is 0 Å². The van der Waals surface area contributed by atoms with Crippen molar-refractivity contribution < 1.29 is 4.39 Å². The van der Waals surface area contributed by atoms with Gasteiger partial charge < -0.3 is 5.32 Å². The molecule has 0 fully saturated rings. The molecular weight excluding hydrogens is 201 g/mol. The maximum Gasteiger partial charge on any atom is 0.143 e. The highest BCUT2D eigenvalue weighted by Crippen LogP contribution is 2.18. The van der Waals surface area contributed by atoms with Crippen molar-refractivity contribution in [3.63, 3.8) is 0 Å². The normalized spacial score (nSPS) is 9.93. The van der Waals surface area contributed by atoms with Gasteiger partial charge in [0.1, 0.15) is 5.82 Å². The van der Waals surface area contributed by atoms with Gasteiger partial charge in [0.25, 0.3) is 0 Å². The van der Waals surface area contributed by atoms with Crippen molar-refractivity contribution in [2.45, 2.75) is 13.3 Å². The van der Waals surface area contributed by atoms with Crippen LogP contribution in [-0.2, 0) is 0 Å². The highest BCUT2D eigenvalue weighted by molar-refractivity contribution is 6.30. The summed E-state index contributed by atoms with van der Waals surface area (Å²) in [4.78, 5) is 0. The molecule has 1 N–H and O–H groups in total. The Labute approximate surface area is 88.6 Å². The predicted octanol–water partition coefficient (Wildman–Crippen LogP) is 3.86. The van der Waals surface area contributed by atoms with Crippen LogP contribution >= 0.6 is 11.6 Å². The van der Waals surface area contributed by atoms with Gasteiger partial charge in [0.2, 0.25) is 0 Å². The fourth-order valence-corrected chi connectivity index (χ4v) is 1.08. The molecule has 0 heterocycles. The Balaban J connectivity index is 2.60. The first kappa shape index (κ1) is 11.1. The van der Waals surface area contributed by atoms with Crippen LogP contribution in [0.3, 0.4) is 0 Å². The Bertz CT molecular complexity index is 336. The summed E-state index contributed by atoms with van der Waals surface area (Å²) in [5.41, 5.74) is 1.81. The van der Waals surface area contributed by atoms with E-state index in [4.69, 9.17) is 11.6 Å². The molecule has 0 unspecified atom stereocenters. The van der Waals surface area contributed by atoms with Gasteiger partial charge in [0, 0.05) is 12.2 Å². The molecule has 1 aromatic carbocycles. The smallest absolute Gasteiger partial charge is 0.143 e. The first-order chi connectivity index (χ1) is 6.63. The van der Waals surface area contributed by atoms with Crippen LogP contribution in [-0.4, -0.2) is 6.54 Å². The van der Waals surface area contributed by atoms with E-state index in [1.54, 1.807) is 6.07 Å². The summed E-state index contributed by atoms with van der Waals surface area (Å²) >= 11 is 5.55. The summed E-state index contributed by atoms with van der Waals surface area (Å²) in [6.45, 7) is 6.54. The number of hydrogen-bond acceptors (Lipinski definition) is 1. The van der Waals surface area contributed by atoms with Crippen LogP contribution < -0.4 is 5.32 Å². The van der Waals surface area contributed by atoms with Crippen LogP contribution in [0.1, 0.15) is 13.3 Å². The second kappa shape index (κ2) is 5.01. The molecule has 0 aliphatic rings. The van der Waals surface area contributed by atoms with Crippen LogP contribution in [0, 0.1) is 5.82 Å². The minimum absolute atomic E-state index is 0.143. The number of rotatable bonds is 4. The molecule has 1 rings (SSSR count). The Morgan fingerprint density at radius 3 is 2.86 bits per heavy atom. The summed E-state index contributed by atoms with van der Waals surface area (Å²) in [5, 5.41) is 3.21. The first-order valence-corrected chi connectivity index (χ1v) is 4.87. The summed E-state index contributed by atoms with van der Waals surface area (Å²) < 4.78 is 13.0. The number of hydrogen-bond donors (Lipinski definition) is 1. The van der Waals surface area contributed by atoms with Gasteiger partial charge in [-0.05, 0) is 24.6 Å². The van der Waals surface area contributed by atoms with Gasteiger partial charge in [-0.25, -0.2) is 4.39 Å². The zero-order chi connectivity index (χ0) is 10.6. The average Bonchev–Trinajstić information content (AvgIpc) is 2.19. The van der Waals surface area contributed by atoms with E-state index in [0.717, 1.165) is 17.7 Å². The van der Waals surface area contributed by atoms with E-state index in [0.29, 0.717) is 6.54 Å². The van der Waals surface area contributed by atoms with E-state index >= 15 is 0 Å². The Kier molecular flexibility index (Phi) is 3.96. The van der Waals surface area contributed by atoms with Crippen molar-refractivity contribution in [3.05, 3.63) is 41.2 Å². The zero-order valence-corrected chi connectivity index (χ0v) is 8.87. The van der Waals surface area contributed by atoms with Gasteiger partial charge >= 0.3 is 0 Å². The summed E-state index contributed by atoms with van der Waals surface area (Å²) in [5.74, 6) is -0.404. The second-order valence-electron chi connectivity index (χ2n) is 3.09. The zero-order valence-electron chi connectivity index (χ0n) is 8.11. The lowest BCUT2D eigenvalue weighted by Gasteiger charge is -2.07. The van der Waals surface area contributed by atoms with Crippen molar-refractivity contribution in [1.29, 1.82) is 0 Å². The van der Waals surface area contributed by atoms with Crippen molar-refractivity contribution in [3.8, 4) is 0 Å². The third kappa shape index (κ3) is 3.04. The number of nitrogens with one attached hydrogen (secondary N) is 1. The fourth-order valence-electron chi connectivity index (χ4n) is 0.958. The van der Waals surface area contributed by atoms with E-state index in [9.17, 15) is 4.39 Å². The Hall–Kier alpha value is -1.02. The van der Waals surface area contributed by atoms with E-state index in [-0.39, 0.29) is 5.02 Å². The van der Waals surface area contributed by atoms with Gasteiger partial charge in [-0.1, -0.05) is 30.7 Å². The van der Waals surface area contributed by atoms with Crippen LogP contribution in [0.15, 0.2) is 30.4 Å². The minimum Gasteiger partial charge on any atom is -0.381 e. The lowest BCUT2D eigenvalue weighted by atomic mass is 10.2. The summed E-state index contributed by atoms with van der Waals surface area (Å²) in [7, 11) is 0. The van der Waals surface area contributed by atoms with E-state index in [1.807, 2.05) is 6.92 Å². The van der Waals surface area contributed by atoms with Gasteiger partial charge in [-0.15, -0.1) is 0 Å². The second-order valence-corrected chi connectivity index (χ2v) is 3.49. The lowest BCUT2D eigenvalue weighted by Crippen LogP contribution is -2.03. The quantitative estimate of drug-likeness (QED) is 0.749. The number of anilines is 1. The average molecular weight is 214 g/mol. The fraction of sp³-hybridized carbons (Fsp3) is 0.273. The standard InChI is InChI=1S/C11H13ClFN/c1-3-8(2)7-14-9-4-5-10(12)11(13)6-9/h4-6,14H,2-3,7H2,1H3. The van der Waals surface area contributed by atoms with E-state index in [2.05, 4.69) is 11.9 Å². The lowest BCUT2D eigenvalue weighted by molar-refractivity contribution is 0.628. The Morgan fingerprint density at radius 2 is 2.29 bits per heavy atom.